The molecule has 124 valence electrons. The molecule has 0 aromatic heterocycles. The van der Waals surface area contributed by atoms with Gasteiger partial charge >= 0.3 is 0 Å². The molecule has 4 heteroatoms. The Kier molecular flexibility index (Phi) is 6.44. The second-order valence-electron chi connectivity index (χ2n) is 5.73. The topological polar surface area (TPSA) is 41.9 Å². The monoisotopic (exact) mass is 315 g/mol. The lowest BCUT2D eigenvalue weighted by Gasteiger charge is -2.21. The minimum atomic E-state index is -0.429. The average molecular weight is 315 g/mol. The zero-order valence-electron chi connectivity index (χ0n) is 14.0. The highest BCUT2D eigenvalue weighted by atomic mass is 16.5. The molecule has 2 aromatic carbocycles. The number of ether oxygens (including phenoxy) is 2. The summed E-state index contributed by atoms with van der Waals surface area (Å²) < 4.78 is 10.5. The van der Waals surface area contributed by atoms with Crippen molar-refractivity contribution in [3.63, 3.8) is 0 Å². The van der Waals surface area contributed by atoms with Crippen molar-refractivity contribution in [3.05, 3.63) is 59.7 Å². The number of aliphatic hydroxyl groups is 1. The Morgan fingerprint density at radius 1 is 0.957 bits per heavy atom. The molecule has 0 radical (unpaired) electrons. The van der Waals surface area contributed by atoms with Gasteiger partial charge in [0.1, 0.15) is 0 Å². The molecule has 2 rings (SSSR count). The predicted molar refractivity (Wildman–Crippen MR) is 92.0 cm³/mol. The van der Waals surface area contributed by atoms with Crippen LogP contribution in [0.4, 0.5) is 0 Å². The van der Waals surface area contributed by atoms with Crippen LogP contribution in [0.25, 0.3) is 0 Å². The van der Waals surface area contributed by atoms with Crippen LogP contribution in [0.2, 0.25) is 0 Å². The number of nitrogens with zero attached hydrogens (tertiary/aromatic N) is 1. The second kappa shape index (κ2) is 8.56. The lowest BCUT2D eigenvalue weighted by molar-refractivity contribution is 0.123. The van der Waals surface area contributed by atoms with E-state index in [1.54, 1.807) is 14.2 Å². The maximum absolute atomic E-state index is 10.3. The van der Waals surface area contributed by atoms with Crippen LogP contribution in [0.1, 0.15) is 11.1 Å². The Labute approximate surface area is 138 Å². The molecule has 0 spiro atoms. The largest absolute Gasteiger partial charge is 0.493 e. The fourth-order valence-electron chi connectivity index (χ4n) is 2.66. The Morgan fingerprint density at radius 2 is 1.65 bits per heavy atom. The molecule has 2 aromatic rings. The van der Waals surface area contributed by atoms with E-state index in [0.29, 0.717) is 24.5 Å². The molecule has 1 atom stereocenters. The van der Waals surface area contributed by atoms with Gasteiger partial charge in [-0.25, -0.2) is 0 Å². The summed E-state index contributed by atoms with van der Waals surface area (Å²) in [4.78, 5) is 2.13. The van der Waals surface area contributed by atoms with Gasteiger partial charge in [0, 0.05) is 13.1 Å². The predicted octanol–water partition coefficient (Wildman–Crippen LogP) is 2.74. The van der Waals surface area contributed by atoms with Gasteiger partial charge in [0.15, 0.2) is 11.5 Å². The quantitative estimate of drug-likeness (QED) is 0.813. The molecule has 0 amide bonds. The number of likely N-dealkylation sites (N-methyl/N-ethyl adjacent to an activating group) is 1. The molecule has 0 aliphatic heterocycles. The first-order valence-corrected chi connectivity index (χ1v) is 7.73. The standard InChI is InChI=1S/C19H25NO3/c1-20(13-15-7-5-4-6-8-15)14-17(21)11-16-9-10-18(22-2)19(12-16)23-3/h4-10,12,17,21H,11,13-14H2,1-3H3. The van der Waals surface area contributed by atoms with Crippen molar-refractivity contribution in [1.82, 2.24) is 4.90 Å². The van der Waals surface area contributed by atoms with Crippen LogP contribution in [-0.2, 0) is 13.0 Å². The van der Waals surface area contributed by atoms with Gasteiger partial charge in [-0.2, -0.15) is 0 Å². The number of benzene rings is 2. The number of methoxy groups -OCH3 is 2. The SMILES string of the molecule is COc1ccc(CC(O)CN(C)Cc2ccccc2)cc1OC. The Morgan fingerprint density at radius 3 is 2.30 bits per heavy atom. The third-order valence-electron chi connectivity index (χ3n) is 3.74. The fourth-order valence-corrected chi connectivity index (χ4v) is 2.66. The molecule has 1 unspecified atom stereocenters. The van der Waals surface area contributed by atoms with Crippen molar-refractivity contribution in [2.45, 2.75) is 19.1 Å². The number of aliphatic hydroxyl groups excluding tert-OH is 1. The molecule has 4 nitrogen and oxygen atoms in total. The van der Waals surface area contributed by atoms with Crippen LogP contribution in [0.5, 0.6) is 11.5 Å². The molecule has 1 N–H and O–H groups in total. The van der Waals surface area contributed by atoms with E-state index < -0.39 is 6.10 Å². The number of rotatable bonds is 8. The van der Waals surface area contributed by atoms with Gasteiger partial charge in [-0.05, 0) is 36.7 Å². The Hall–Kier alpha value is -2.04. The van der Waals surface area contributed by atoms with Gasteiger partial charge in [-0.15, -0.1) is 0 Å². The van der Waals surface area contributed by atoms with Gasteiger partial charge in [-0.1, -0.05) is 36.4 Å². The van der Waals surface area contributed by atoms with Crippen molar-refractivity contribution < 1.29 is 14.6 Å². The molecule has 0 saturated carbocycles. The van der Waals surface area contributed by atoms with Crippen LogP contribution < -0.4 is 9.47 Å². The maximum Gasteiger partial charge on any atom is 0.160 e. The highest BCUT2D eigenvalue weighted by Crippen LogP contribution is 2.28. The van der Waals surface area contributed by atoms with Gasteiger partial charge in [0.2, 0.25) is 0 Å². The van der Waals surface area contributed by atoms with E-state index in [-0.39, 0.29) is 0 Å². The van der Waals surface area contributed by atoms with Crippen LogP contribution >= 0.6 is 0 Å². The van der Waals surface area contributed by atoms with Crippen molar-refractivity contribution >= 4 is 0 Å². The van der Waals surface area contributed by atoms with E-state index >= 15 is 0 Å². The smallest absolute Gasteiger partial charge is 0.160 e. The summed E-state index contributed by atoms with van der Waals surface area (Å²) in [6.07, 6.45) is 0.154. The van der Waals surface area contributed by atoms with E-state index in [1.165, 1.54) is 5.56 Å². The molecule has 0 heterocycles. The summed E-state index contributed by atoms with van der Waals surface area (Å²) in [7, 11) is 5.25. The molecule has 0 bridgehead atoms. The van der Waals surface area contributed by atoms with Crippen molar-refractivity contribution in [3.8, 4) is 11.5 Å². The maximum atomic E-state index is 10.3. The first kappa shape index (κ1) is 17.3. The summed E-state index contributed by atoms with van der Waals surface area (Å²) in [6, 6.07) is 16.0. The molecule has 0 aliphatic rings. The summed E-state index contributed by atoms with van der Waals surface area (Å²) >= 11 is 0. The molecule has 0 saturated heterocycles. The van der Waals surface area contributed by atoms with E-state index in [0.717, 1.165) is 12.1 Å². The molecule has 0 fully saturated rings. The van der Waals surface area contributed by atoms with Gasteiger partial charge in [0.25, 0.3) is 0 Å². The highest BCUT2D eigenvalue weighted by Gasteiger charge is 2.12. The first-order valence-electron chi connectivity index (χ1n) is 7.73. The third-order valence-corrected chi connectivity index (χ3v) is 3.74. The molecule has 0 aliphatic carbocycles. The second-order valence-corrected chi connectivity index (χ2v) is 5.73. The van der Waals surface area contributed by atoms with Crippen molar-refractivity contribution in [2.75, 3.05) is 27.8 Å². The van der Waals surface area contributed by atoms with Crippen molar-refractivity contribution in [2.24, 2.45) is 0 Å². The normalized spacial score (nSPS) is 12.2. The third kappa shape index (κ3) is 5.27. The van der Waals surface area contributed by atoms with Crippen LogP contribution in [0, 0.1) is 0 Å². The van der Waals surface area contributed by atoms with E-state index in [1.807, 2.05) is 43.4 Å². The Bertz CT molecular complexity index is 601. The first-order chi connectivity index (χ1) is 11.1. The summed E-state index contributed by atoms with van der Waals surface area (Å²) in [5.74, 6) is 1.39. The van der Waals surface area contributed by atoms with Gasteiger partial charge < -0.3 is 14.6 Å². The van der Waals surface area contributed by atoms with Crippen LogP contribution in [0.15, 0.2) is 48.5 Å². The lowest BCUT2D eigenvalue weighted by atomic mass is 10.1. The van der Waals surface area contributed by atoms with Gasteiger partial charge in [-0.3, -0.25) is 4.90 Å². The molecular weight excluding hydrogens is 290 g/mol. The zero-order chi connectivity index (χ0) is 16.7. The summed E-state index contributed by atoms with van der Waals surface area (Å²) in [5, 5.41) is 10.3. The van der Waals surface area contributed by atoms with E-state index in [4.69, 9.17) is 9.47 Å². The number of hydrogen-bond acceptors (Lipinski definition) is 4. The minimum Gasteiger partial charge on any atom is -0.493 e. The van der Waals surface area contributed by atoms with Crippen LogP contribution in [0.3, 0.4) is 0 Å². The number of hydrogen-bond donors (Lipinski definition) is 1. The van der Waals surface area contributed by atoms with Gasteiger partial charge in [0.05, 0.1) is 20.3 Å². The molecular formula is C19H25NO3. The van der Waals surface area contributed by atoms with Crippen molar-refractivity contribution in [1.29, 1.82) is 0 Å². The van der Waals surface area contributed by atoms with E-state index in [9.17, 15) is 5.11 Å². The summed E-state index contributed by atoms with van der Waals surface area (Å²) in [6.45, 7) is 1.44. The minimum absolute atomic E-state index is 0.429. The Balaban J connectivity index is 1.90. The highest BCUT2D eigenvalue weighted by molar-refractivity contribution is 5.43. The summed E-state index contributed by atoms with van der Waals surface area (Å²) in [5.41, 5.74) is 2.27. The average Bonchev–Trinajstić information content (AvgIpc) is 2.55. The fraction of sp³-hybridized carbons (Fsp3) is 0.368. The molecule has 23 heavy (non-hydrogen) atoms. The van der Waals surface area contributed by atoms with Crippen LogP contribution in [-0.4, -0.2) is 43.9 Å². The zero-order valence-corrected chi connectivity index (χ0v) is 14.0. The lowest BCUT2D eigenvalue weighted by Crippen LogP contribution is -2.30. The van der Waals surface area contributed by atoms with E-state index in [2.05, 4.69) is 17.0 Å².